The highest BCUT2D eigenvalue weighted by Gasteiger charge is 2.34. The Morgan fingerprint density at radius 2 is 2.03 bits per heavy atom. The molecular weight excluding hydrogens is 409 g/mol. The zero-order valence-electron chi connectivity index (χ0n) is 15.9. The molecule has 30 heavy (non-hydrogen) atoms. The van der Waals surface area contributed by atoms with Crippen molar-refractivity contribution >= 4 is 39.4 Å². The summed E-state index contributed by atoms with van der Waals surface area (Å²) in [6.45, 7) is 1.20. The van der Waals surface area contributed by atoms with Gasteiger partial charge in [0.05, 0.1) is 5.69 Å². The fourth-order valence-electron chi connectivity index (χ4n) is 4.48. The van der Waals surface area contributed by atoms with Gasteiger partial charge in [-0.25, -0.2) is 4.39 Å². The summed E-state index contributed by atoms with van der Waals surface area (Å²) in [6, 6.07) is 9.10. The van der Waals surface area contributed by atoms with Gasteiger partial charge in [-0.15, -0.1) is 0 Å². The number of nitrogens with zero attached hydrogens (tertiary/aromatic N) is 2. The van der Waals surface area contributed by atoms with Gasteiger partial charge in [-0.2, -0.15) is 0 Å². The molecule has 1 fully saturated rings. The fourth-order valence-corrected chi connectivity index (χ4v) is 4.66. The molecule has 2 N–H and O–H groups in total. The van der Waals surface area contributed by atoms with E-state index in [1.54, 1.807) is 24.4 Å². The standard InChI is InChI=1S/C22H19ClFN3O3/c23-13-1-4-18-16(9-13)17(11-25-18)21(22(28)29)27-7-5-12(6-8-27)20-15-3-2-14(24)10-19(15)30-26-20/h1-4,9-12,21,25H,5-8H2,(H,28,29)/t21-/m1/s1. The minimum absolute atomic E-state index is 0.139. The molecule has 1 atom stereocenters. The van der Waals surface area contributed by atoms with Gasteiger partial charge in [-0.3, -0.25) is 9.69 Å². The Bertz CT molecular complexity index is 1240. The van der Waals surface area contributed by atoms with Crippen LogP contribution in [0, 0.1) is 5.82 Å². The molecule has 0 spiro atoms. The number of aliphatic carboxylic acids is 1. The van der Waals surface area contributed by atoms with Crippen LogP contribution >= 0.6 is 11.6 Å². The molecule has 0 amide bonds. The number of carboxylic acid groups (broad SMARTS) is 1. The number of carboxylic acids is 1. The summed E-state index contributed by atoms with van der Waals surface area (Å²) >= 11 is 6.14. The number of piperidine rings is 1. The van der Waals surface area contributed by atoms with E-state index >= 15 is 0 Å². The van der Waals surface area contributed by atoms with Crippen molar-refractivity contribution in [2.24, 2.45) is 0 Å². The van der Waals surface area contributed by atoms with E-state index in [9.17, 15) is 14.3 Å². The van der Waals surface area contributed by atoms with Gasteiger partial charge in [0, 0.05) is 45.1 Å². The first-order chi connectivity index (χ1) is 14.5. The van der Waals surface area contributed by atoms with Gasteiger partial charge in [-0.1, -0.05) is 16.8 Å². The lowest BCUT2D eigenvalue weighted by atomic mass is 9.90. The zero-order valence-corrected chi connectivity index (χ0v) is 16.7. The Hall–Kier alpha value is -2.90. The third-order valence-corrected chi connectivity index (χ3v) is 6.18. The van der Waals surface area contributed by atoms with Crippen LogP contribution in [-0.2, 0) is 4.79 Å². The van der Waals surface area contributed by atoms with Crippen molar-refractivity contribution in [1.29, 1.82) is 0 Å². The highest BCUT2D eigenvalue weighted by atomic mass is 35.5. The smallest absolute Gasteiger partial charge is 0.325 e. The molecule has 1 aliphatic heterocycles. The quantitative estimate of drug-likeness (QED) is 0.473. The Morgan fingerprint density at radius 1 is 1.23 bits per heavy atom. The van der Waals surface area contributed by atoms with Gasteiger partial charge in [-0.05, 0) is 56.3 Å². The highest BCUT2D eigenvalue weighted by Crippen LogP contribution is 2.37. The first-order valence-corrected chi connectivity index (χ1v) is 10.2. The molecule has 0 unspecified atom stereocenters. The van der Waals surface area contributed by atoms with E-state index in [0.717, 1.165) is 34.8 Å². The largest absolute Gasteiger partial charge is 0.480 e. The molecule has 0 saturated carbocycles. The van der Waals surface area contributed by atoms with Crippen LogP contribution in [0.4, 0.5) is 4.39 Å². The summed E-state index contributed by atoms with van der Waals surface area (Å²) in [6.07, 6.45) is 3.24. The van der Waals surface area contributed by atoms with Crippen LogP contribution in [0.2, 0.25) is 5.02 Å². The number of hydrogen-bond acceptors (Lipinski definition) is 4. The topological polar surface area (TPSA) is 82.4 Å². The minimum Gasteiger partial charge on any atom is -0.480 e. The van der Waals surface area contributed by atoms with Crippen molar-refractivity contribution in [3.05, 3.63) is 64.7 Å². The van der Waals surface area contributed by atoms with E-state index in [2.05, 4.69) is 10.1 Å². The summed E-state index contributed by atoms with van der Waals surface area (Å²) in [5, 5.41) is 16.4. The molecule has 2 aromatic carbocycles. The van der Waals surface area contributed by atoms with E-state index in [1.165, 1.54) is 12.1 Å². The first kappa shape index (κ1) is 19.1. The third-order valence-electron chi connectivity index (χ3n) is 5.95. The molecule has 5 rings (SSSR count). The second-order valence-corrected chi connectivity index (χ2v) is 8.13. The van der Waals surface area contributed by atoms with Crippen LogP contribution in [-0.4, -0.2) is 39.2 Å². The SMILES string of the molecule is O=C(O)[C@@H](c1c[nH]c2ccc(Cl)cc12)N1CCC(c2noc3cc(F)ccc23)CC1. The second kappa shape index (κ2) is 7.41. The second-order valence-electron chi connectivity index (χ2n) is 7.69. The number of likely N-dealkylation sites (tertiary alicyclic amines) is 1. The van der Waals surface area contributed by atoms with E-state index in [4.69, 9.17) is 16.1 Å². The van der Waals surface area contributed by atoms with Gasteiger partial charge in [0.25, 0.3) is 0 Å². The Balaban J connectivity index is 1.40. The minimum atomic E-state index is -0.892. The number of benzene rings is 2. The number of aromatic amines is 1. The number of rotatable bonds is 4. The predicted octanol–water partition coefficient (Wildman–Crippen LogP) is 5.11. The van der Waals surface area contributed by atoms with E-state index in [0.29, 0.717) is 29.3 Å². The van der Waals surface area contributed by atoms with E-state index in [-0.39, 0.29) is 11.7 Å². The van der Waals surface area contributed by atoms with Crippen molar-refractivity contribution in [2.75, 3.05) is 13.1 Å². The van der Waals surface area contributed by atoms with Gasteiger partial charge in [0.2, 0.25) is 0 Å². The van der Waals surface area contributed by atoms with Crippen molar-refractivity contribution in [3.8, 4) is 0 Å². The molecule has 1 aliphatic rings. The van der Waals surface area contributed by atoms with Crippen LogP contribution in [0.3, 0.4) is 0 Å². The van der Waals surface area contributed by atoms with Crippen LogP contribution in [0.15, 0.2) is 47.1 Å². The number of aromatic nitrogens is 2. The molecule has 4 aromatic rings. The number of carbonyl (C=O) groups is 1. The summed E-state index contributed by atoms with van der Waals surface area (Å²) in [4.78, 5) is 17.3. The van der Waals surface area contributed by atoms with Crippen molar-refractivity contribution in [3.63, 3.8) is 0 Å². The Kier molecular flexibility index (Phi) is 4.72. The predicted molar refractivity (Wildman–Crippen MR) is 111 cm³/mol. The monoisotopic (exact) mass is 427 g/mol. The number of H-pyrrole nitrogens is 1. The summed E-state index contributed by atoms with van der Waals surface area (Å²) in [5.41, 5.74) is 2.82. The molecule has 0 bridgehead atoms. The normalized spacial score (nSPS) is 17.0. The maximum Gasteiger partial charge on any atom is 0.325 e. The maximum absolute atomic E-state index is 13.4. The average molecular weight is 428 g/mol. The maximum atomic E-state index is 13.4. The molecule has 0 radical (unpaired) electrons. The summed E-state index contributed by atoms with van der Waals surface area (Å²) in [7, 11) is 0. The summed E-state index contributed by atoms with van der Waals surface area (Å²) < 4.78 is 18.7. The molecule has 8 heteroatoms. The van der Waals surface area contributed by atoms with Gasteiger partial charge < -0.3 is 14.6 Å². The fraction of sp³-hybridized carbons (Fsp3) is 0.273. The molecule has 3 heterocycles. The average Bonchev–Trinajstić information content (AvgIpc) is 3.32. The first-order valence-electron chi connectivity index (χ1n) is 9.79. The molecule has 2 aromatic heterocycles. The summed E-state index contributed by atoms with van der Waals surface area (Å²) in [5.74, 6) is -1.11. The number of halogens is 2. The molecule has 154 valence electrons. The van der Waals surface area contributed by atoms with Crippen LogP contribution in [0.25, 0.3) is 21.9 Å². The van der Waals surface area contributed by atoms with Crippen LogP contribution in [0.1, 0.15) is 36.1 Å². The van der Waals surface area contributed by atoms with Crippen molar-refractivity contribution < 1.29 is 18.8 Å². The Morgan fingerprint density at radius 3 is 2.80 bits per heavy atom. The van der Waals surface area contributed by atoms with Crippen molar-refractivity contribution in [1.82, 2.24) is 15.0 Å². The van der Waals surface area contributed by atoms with Gasteiger partial charge in [0.15, 0.2) is 5.58 Å². The lowest BCUT2D eigenvalue weighted by Gasteiger charge is -2.35. The van der Waals surface area contributed by atoms with E-state index < -0.39 is 12.0 Å². The molecule has 1 saturated heterocycles. The van der Waals surface area contributed by atoms with Gasteiger partial charge in [0.1, 0.15) is 11.9 Å². The molecule has 0 aliphatic carbocycles. The zero-order chi connectivity index (χ0) is 20.8. The van der Waals surface area contributed by atoms with Crippen molar-refractivity contribution in [2.45, 2.75) is 24.8 Å². The van der Waals surface area contributed by atoms with Crippen LogP contribution < -0.4 is 0 Å². The van der Waals surface area contributed by atoms with Gasteiger partial charge >= 0.3 is 5.97 Å². The lowest BCUT2D eigenvalue weighted by molar-refractivity contribution is -0.144. The Labute approximate surface area is 176 Å². The molecule has 6 nitrogen and oxygen atoms in total. The number of nitrogens with one attached hydrogen (secondary N) is 1. The third kappa shape index (κ3) is 3.24. The molecular formula is C22H19ClFN3O3. The van der Waals surface area contributed by atoms with E-state index in [1.807, 2.05) is 11.0 Å². The lowest BCUT2D eigenvalue weighted by Crippen LogP contribution is -2.39. The van der Waals surface area contributed by atoms with Crippen LogP contribution in [0.5, 0.6) is 0 Å². The number of fused-ring (bicyclic) bond motifs is 2. The highest BCUT2D eigenvalue weighted by molar-refractivity contribution is 6.31. The number of hydrogen-bond donors (Lipinski definition) is 2.